The third-order valence-electron chi connectivity index (χ3n) is 4.26. The average Bonchev–Trinajstić information content (AvgIpc) is 2.75. The maximum absolute atomic E-state index is 9.51. The lowest BCUT2D eigenvalue weighted by Gasteiger charge is -2.32. The lowest BCUT2D eigenvalue weighted by molar-refractivity contribution is 0.284. The molecular weight excluding hydrogens is 196 g/mol. The van der Waals surface area contributed by atoms with Gasteiger partial charge in [0, 0.05) is 6.04 Å². The predicted molar refractivity (Wildman–Crippen MR) is 66.1 cm³/mol. The Morgan fingerprint density at radius 3 is 2.00 bits per heavy atom. The first-order valence-corrected chi connectivity index (χ1v) is 7.04. The highest BCUT2D eigenvalue weighted by atomic mass is 15.0. The van der Waals surface area contributed by atoms with Crippen LogP contribution in [0.4, 0.5) is 0 Å². The Morgan fingerprint density at radius 1 is 0.875 bits per heavy atom. The van der Waals surface area contributed by atoms with Crippen molar-refractivity contribution in [2.24, 2.45) is 0 Å². The lowest BCUT2D eigenvalue weighted by atomic mass is 9.84. The van der Waals surface area contributed by atoms with E-state index in [0.717, 1.165) is 12.8 Å². The quantitative estimate of drug-likeness (QED) is 0.772. The van der Waals surface area contributed by atoms with Gasteiger partial charge in [-0.2, -0.15) is 5.26 Å². The second-order valence-corrected chi connectivity index (χ2v) is 5.59. The van der Waals surface area contributed by atoms with Crippen molar-refractivity contribution in [3.63, 3.8) is 0 Å². The SMILES string of the molecule is N#CC1(NC2CCCC2)CCCCCCC1. The molecule has 2 fully saturated rings. The maximum atomic E-state index is 9.51. The highest BCUT2D eigenvalue weighted by Gasteiger charge is 2.33. The fourth-order valence-electron chi connectivity index (χ4n) is 3.26. The number of nitrogens with one attached hydrogen (secondary N) is 1. The van der Waals surface area contributed by atoms with Gasteiger partial charge in [-0.3, -0.25) is 5.32 Å². The zero-order chi connectivity index (χ0) is 11.3. The minimum atomic E-state index is -0.185. The fourth-order valence-corrected chi connectivity index (χ4v) is 3.26. The average molecular weight is 220 g/mol. The smallest absolute Gasteiger partial charge is 0.106 e. The Labute approximate surface area is 99.4 Å². The van der Waals surface area contributed by atoms with Crippen molar-refractivity contribution in [2.75, 3.05) is 0 Å². The van der Waals surface area contributed by atoms with Crippen LogP contribution >= 0.6 is 0 Å². The van der Waals surface area contributed by atoms with Gasteiger partial charge in [0.15, 0.2) is 0 Å². The van der Waals surface area contributed by atoms with Crippen LogP contribution in [0.3, 0.4) is 0 Å². The fraction of sp³-hybridized carbons (Fsp3) is 0.929. The Balaban J connectivity index is 1.95. The van der Waals surface area contributed by atoms with E-state index in [-0.39, 0.29) is 5.54 Å². The Hall–Kier alpha value is -0.550. The van der Waals surface area contributed by atoms with Crippen LogP contribution in [-0.4, -0.2) is 11.6 Å². The highest BCUT2D eigenvalue weighted by Crippen LogP contribution is 2.29. The van der Waals surface area contributed by atoms with Crippen molar-refractivity contribution in [3.05, 3.63) is 0 Å². The zero-order valence-corrected chi connectivity index (χ0v) is 10.3. The molecule has 0 unspecified atom stereocenters. The molecule has 0 bridgehead atoms. The van der Waals surface area contributed by atoms with Crippen LogP contribution in [0.1, 0.15) is 70.6 Å². The third kappa shape index (κ3) is 2.98. The third-order valence-corrected chi connectivity index (χ3v) is 4.26. The molecule has 90 valence electrons. The molecule has 0 heterocycles. The molecule has 2 rings (SSSR count). The van der Waals surface area contributed by atoms with Crippen LogP contribution in [0.15, 0.2) is 0 Å². The van der Waals surface area contributed by atoms with Crippen molar-refractivity contribution >= 4 is 0 Å². The summed E-state index contributed by atoms with van der Waals surface area (Å²) >= 11 is 0. The number of nitriles is 1. The predicted octanol–water partition coefficient (Wildman–Crippen LogP) is 3.53. The van der Waals surface area contributed by atoms with Gasteiger partial charge in [0.2, 0.25) is 0 Å². The number of hydrogen-bond donors (Lipinski definition) is 1. The van der Waals surface area contributed by atoms with Crippen LogP contribution in [0.2, 0.25) is 0 Å². The van der Waals surface area contributed by atoms with Crippen LogP contribution in [0.5, 0.6) is 0 Å². The Bertz CT molecular complexity index is 240. The van der Waals surface area contributed by atoms with Gasteiger partial charge in [-0.05, 0) is 25.7 Å². The van der Waals surface area contributed by atoms with Gasteiger partial charge in [0.25, 0.3) is 0 Å². The molecule has 0 amide bonds. The molecule has 2 aliphatic rings. The summed E-state index contributed by atoms with van der Waals surface area (Å²) < 4.78 is 0. The van der Waals surface area contributed by atoms with Crippen molar-refractivity contribution < 1.29 is 0 Å². The van der Waals surface area contributed by atoms with E-state index in [2.05, 4.69) is 11.4 Å². The van der Waals surface area contributed by atoms with Crippen LogP contribution in [0.25, 0.3) is 0 Å². The van der Waals surface area contributed by atoms with Crippen LogP contribution < -0.4 is 5.32 Å². The van der Waals surface area contributed by atoms with Gasteiger partial charge in [-0.15, -0.1) is 0 Å². The van der Waals surface area contributed by atoms with Gasteiger partial charge in [0.05, 0.1) is 6.07 Å². The largest absolute Gasteiger partial charge is 0.297 e. The molecule has 1 N–H and O–H groups in total. The summed E-state index contributed by atoms with van der Waals surface area (Å²) in [5, 5.41) is 13.2. The maximum Gasteiger partial charge on any atom is 0.106 e. The summed E-state index contributed by atoms with van der Waals surface area (Å²) in [5.41, 5.74) is -0.185. The van der Waals surface area contributed by atoms with E-state index in [1.165, 1.54) is 57.8 Å². The van der Waals surface area contributed by atoms with E-state index in [1.54, 1.807) is 0 Å². The van der Waals surface area contributed by atoms with Crippen molar-refractivity contribution in [2.45, 2.75) is 82.2 Å². The normalized spacial score (nSPS) is 26.9. The van der Waals surface area contributed by atoms with E-state index in [1.807, 2.05) is 0 Å². The van der Waals surface area contributed by atoms with Crippen LogP contribution in [-0.2, 0) is 0 Å². The molecule has 0 aromatic rings. The van der Waals surface area contributed by atoms with E-state index in [4.69, 9.17) is 0 Å². The molecule has 2 heteroatoms. The summed E-state index contributed by atoms with van der Waals surface area (Å²) in [6, 6.07) is 3.23. The second-order valence-electron chi connectivity index (χ2n) is 5.59. The monoisotopic (exact) mass is 220 g/mol. The number of hydrogen-bond acceptors (Lipinski definition) is 2. The molecule has 16 heavy (non-hydrogen) atoms. The molecule has 2 nitrogen and oxygen atoms in total. The topological polar surface area (TPSA) is 35.8 Å². The minimum Gasteiger partial charge on any atom is -0.297 e. The van der Waals surface area contributed by atoms with Crippen molar-refractivity contribution in [1.29, 1.82) is 5.26 Å². The van der Waals surface area contributed by atoms with Gasteiger partial charge >= 0.3 is 0 Å². The number of rotatable bonds is 2. The molecule has 0 aromatic carbocycles. The van der Waals surface area contributed by atoms with E-state index < -0.39 is 0 Å². The molecule has 0 aromatic heterocycles. The van der Waals surface area contributed by atoms with Crippen molar-refractivity contribution in [1.82, 2.24) is 5.32 Å². The van der Waals surface area contributed by atoms with Gasteiger partial charge in [-0.25, -0.2) is 0 Å². The molecule has 0 radical (unpaired) electrons. The Morgan fingerprint density at radius 2 is 1.44 bits per heavy atom. The van der Waals surface area contributed by atoms with Crippen molar-refractivity contribution in [3.8, 4) is 6.07 Å². The first kappa shape index (κ1) is 11.9. The first-order valence-electron chi connectivity index (χ1n) is 7.04. The summed E-state index contributed by atoms with van der Waals surface area (Å²) in [5.74, 6) is 0. The summed E-state index contributed by atoms with van der Waals surface area (Å²) in [6.07, 6.45) is 13.8. The molecule has 0 spiro atoms. The minimum absolute atomic E-state index is 0.185. The van der Waals surface area contributed by atoms with Gasteiger partial charge in [0.1, 0.15) is 5.54 Å². The highest BCUT2D eigenvalue weighted by molar-refractivity contribution is 5.08. The molecule has 2 aliphatic carbocycles. The van der Waals surface area contributed by atoms with Crippen LogP contribution in [0, 0.1) is 11.3 Å². The van der Waals surface area contributed by atoms with Gasteiger partial charge in [-0.1, -0.05) is 44.9 Å². The second kappa shape index (κ2) is 5.68. The van der Waals surface area contributed by atoms with E-state index in [9.17, 15) is 5.26 Å². The number of nitrogens with zero attached hydrogens (tertiary/aromatic N) is 1. The summed E-state index contributed by atoms with van der Waals surface area (Å²) in [4.78, 5) is 0. The zero-order valence-electron chi connectivity index (χ0n) is 10.3. The molecule has 0 saturated heterocycles. The molecular formula is C14H24N2. The first-order chi connectivity index (χ1) is 7.85. The molecule has 2 saturated carbocycles. The lowest BCUT2D eigenvalue weighted by Crippen LogP contribution is -2.48. The summed E-state index contributed by atoms with van der Waals surface area (Å²) in [7, 11) is 0. The summed E-state index contributed by atoms with van der Waals surface area (Å²) in [6.45, 7) is 0. The molecule has 0 aliphatic heterocycles. The van der Waals surface area contributed by atoms with E-state index >= 15 is 0 Å². The van der Waals surface area contributed by atoms with Gasteiger partial charge < -0.3 is 0 Å². The molecule has 0 atom stereocenters. The van der Waals surface area contributed by atoms with E-state index in [0.29, 0.717) is 6.04 Å². The Kier molecular flexibility index (Phi) is 4.23. The standard InChI is InChI=1S/C14H24N2/c15-12-14(16-13-8-4-5-9-13)10-6-2-1-3-7-11-14/h13,16H,1-11H2.